The Morgan fingerprint density at radius 1 is 0.786 bits per heavy atom. The molecule has 4 atom stereocenters. The molecular formula is C13H19N. The van der Waals surface area contributed by atoms with Gasteiger partial charge in [0.2, 0.25) is 0 Å². The SMILES string of the molecule is NC12CC3C4CC5CC3C(C1)C5C4C2. The van der Waals surface area contributed by atoms with Crippen LogP contribution in [0.2, 0.25) is 0 Å². The van der Waals surface area contributed by atoms with Gasteiger partial charge in [0, 0.05) is 5.54 Å². The Labute approximate surface area is 85.4 Å². The Morgan fingerprint density at radius 3 is 2.00 bits per heavy atom. The van der Waals surface area contributed by atoms with Crippen molar-refractivity contribution in [3.63, 3.8) is 0 Å². The normalized spacial score (nSPS) is 76.5. The van der Waals surface area contributed by atoms with E-state index in [0.29, 0.717) is 5.54 Å². The molecule has 0 aromatic heterocycles. The van der Waals surface area contributed by atoms with Crippen molar-refractivity contribution < 1.29 is 0 Å². The summed E-state index contributed by atoms with van der Waals surface area (Å²) >= 11 is 0. The van der Waals surface area contributed by atoms with Crippen LogP contribution in [0.25, 0.3) is 0 Å². The maximum absolute atomic E-state index is 6.55. The summed E-state index contributed by atoms with van der Waals surface area (Å²) in [6.07, 6.45) is 7.40. The summed E-state index contributed by atoms with van der Waals surface area (Å²) in [5.41, 5.74) is 6.86. The van der Waals surface area contributed by atoms with Crippen molar-refractivity contribution in [2.45, 2.75) is 37.6 Å². The monoisotopic (exact) mass is 189 g/mol. The molecule has 4 unspecified atom stereocenters. The summed E-state index contributed by atoms with van der Waals surface area (Å²) in [5, 5.41) is 0. The highest BCUT2D eigenvalue weighted by Gasteiger charge is 2.70. The third kappa shape index (κ3) is 0.553. The molecule has 6 rings (SSSR count). The maximum atomic E-state index is 6.55. The molecule has 0 heterocycles. The van der Waals surface area contributed by atoms with Crippen LogP contribution < -0.4 is 5.73 Å². The third-order valence-corrected chi connectivity index (χ3v) is 6.81. The highest BCUT2D eigenvalue weighted by atomic mass is 14.9. The average Bonchev–Trinajstić information content (AvgIpc) is 2.61. The molecule has 1 nitrogen and oxygen atoms in total. The van der Waals surface area contributed by atoms with Gasteiger partial charge in [0.15, 0.2) is 0 Å². The highest BCUT2D eigenvalue weighted by Crippen LogP contribution is 2.75. The van der Waals surface area contributed by atoms with Gasteiger partial charge in [-0.1, -0.05) is 0 Å². The fourth-order valence-electron chi connectivity index (χ4n) is 6.88. The first-order chi connectivity index (χ1) is 6.75. The van der Waals surface area contributed by atoms with Gasteiger partial charge >= 0.3 is 0 Å². The lowest BCUT2D eigenvalue weighted by Crippen LogP contribution is -2.62. The standard InChI is InChI=1S/C13H19N/c14-13-3-9-7-1-6-2-8(9)11(5-13)12(6)10(7)4-13/h6-12H,1-5,14H2. The van der Waals surface area contributed by atoms with E-state index in [1.165, 1.54) is 19.3 Å². The smallest absolute Gasteiger partial charge is 0.0162 e. The summed E-state index contributed by atoms with van der Waals surface area (Å²) in [6.45, 7) is 0. The maximum Gasteiger partial charge on any atom is 0.0162 e. The Hall–Kier alpha value is -0.0400. The molecule has 0 aromatic carbocycles. The first-order valence-corrected chi connectivity index (χ1v) is 6.54. The zero-order valence-electron chi connectivity index (χ0n) is 8.65. The van der Waals surface area contributed by atoms with Gasteiger partial charge in [-0.25, -0.2) is 0 Å². The third-order valence-electron chi connectivity index (χ3n) is 6.81. The summed E-state index contributed by atoms with van der Waals surface area (Å²) in [7, 11) is 0. The number of hydrogen-bond donors (Lipinski definition) is 1. The molecule has 0 aromatic rings. The Balaban J connectivity index is 1.75. The molecule has 0 spiro atoms. The molecule has 0 radical (unpaired) electrons. The quantitative estimate of drug-likeness (QED) is 0.620. The van der Waals surface area contributed by atoms with Gasteiger partial charge in [0.25, 0.3) is 0 Å². The van der Waals surface area contributed by atoms with Crippen LogP contribution in [0.1, 0.15) is 32.1 Å². The van der Waals surface area contributed by atoms with E-state index in [-0.39, 0.29) is 0 Å². The minimum absolute atomic E-state index is 0.308. The van der Waals surface area contributed by atoms with Gasteiger partial charge in [-0.15, -0.1) is 0 Å². The minimum atomic E-state index is 0.308. The van der Waals surface area contributed by atoms with Crippen molar-refractivity contribution in [1.82, 2.24) is 0 Å². The molecule has 0 aliphatic heterocycles. The van der Waals surface area contributed by atoms with E-state index >= 15 is 0 Å². The van der Waals surface area contributed by atoms with Crippen molar-refractivity contribution in [2.75, 3.05) is 0 Å². The molecule has 6 aliphatic carbocycles. The van der Waals surface area contributed by atoms with Gasteiger partial charge in [0.1, 0.15) is 0 Å². The van der Waals surface area contributed by atoms with E-state index < -0.39 is 0 Å². The van der Waals surface area contributed by atoms with Crippen LogP contribution in [0.4, 0.5) is 0 Å². The summed E-state index contributed by atoms with van der Waals surface area (Å²) < 4.78 is 0. The summed E-state index contributed by atoms with van der Waals surface area (Å²) in [5.74, 6) is 7.82. The zero-order chi connectivity index (χ0) is 9.08. The van der Waals surface area contributed by atoms with E-state index in [1.54, 1.807) is 12.8 Å². The number of hydrogen-bond acceptors (Lipinski definition) is 1. The summed E-state index contributed by atoms with van der Waals surface area (Å²) in [4.78, 5) is 0. The van der Waals surface area contributed by atoms with Gasteiger partial charge in [0.05, 0.1) is 0 Å². The van der Waals surface area contributed by atoms with Crippen molar-refractivity contribution in [1.29, 1.82) is 0 Å². The molecule has 76 valence electrons. The predicted molar refractivity (Wildman–Crippen MR) is 54.4 cm³/mol. The average molecular weight is 189 g/mol. The van der Waals surface area contributed by atoms with Crippen LogP contribution in [0.15, 0.2) is 0 Å². The fraction of sp³-hybridized carbons (Fsp3) is 1.00. The highest BCUT2D eigenvalue weighted by molar-refractivity contribution is 5.21. The molecule has 0 amide bonds. The Morgan fingerprint density at radius 2 is 1.36 bits per heavy atom. The second kappa shape index (κ2) is 1.81. The van der Waals surface area contributed by atoms with E-state index in [2.05, 4.69) is 0 Å². The van der Waals surface area contributed by atoms with Gasteiger partial charge < -0.3 is 5.73 Å². The van der Waals surface area contributed by atoms with E-state index in [1.807, 2.05) is 0 Å². The van der Waals surface area contributed by atoms with Crippen LogP contribution in [0.3, 0.4) is 0 Å². The Bertz CT molecular complexity index is 283. The van der Waals surface area contributed by atoms with E-state index in [4.69, 9.17) is 5.73 Å². The molecule has 14 heavy (non-hydrogen) atoms. The van der Waals surface area contributed by atoms with Crippen LogP contribution in [-0.4, -0.2) is 5.54 Å². The number of nitrogens with two attached hydrogens (primary N) is 1. The Kier molecular flexibility index (Phi) is 0.942. The summed E-state index contributed by atoms with van der Waals surface area (Å²) in [6, 6.07) is 0. The second-order valence-electron chi connectivity index (χ2n) is 7.10. The van der Waals surface area contributed by atoms with E-state index in [9.17, 15) is 0 Å². The first-order valence-electron chi connectivity index (χ1n) is 6.54. The number of rotatable bonds is 0. The van der Waals surface area contributed by atoms with Crippen molar-refractivity contribution in [2.24, 2.45) is 47.2 Å². The fourth-order valence-corrected chi connectivity index (χ4v) is 6.88. The topological polar surface area (TPSA) is 26.0 Å². The second-order valence-corrected chi connectivity index (χ2v) is 7.10. The largest absolute Gasteiger partial charge is 0.325 e. The molecule has 6 aliphatic rings. The zero-order valence-corrected chi connectivity index (χ0v) is 8.65. The first kappa shape index (κ1) is 7.27. The van der Waals surface area contributed by atoms with Crippen molar-refractivity contribution in [3.8, 4) is 0 Å². The van der Waals surface area contributed by atoms with Crippen molar-refractivity contribution >= 4 is 0 Å². The molecule has 0 saturated heterocycles. The molecule has 2 N–H and O–H groups in total. The van der Waals surface area contributed by atoms with Crippen molar-refractivity contribution in [3.05, 3.63) is 0 Å². The lowest BCUT2D eigenvalue weighted by atomic mass is 9.46. The van der Waals surface area contributed by atoms with Gasteiger partial charge in [-0.2, -0.15) is 0 Å². The van der Waals surface area contributed by atoms with Crippen LogP contribution in [0.5, 0.6) is 0 Å². The lowest BCUT2D eigenvalue weighted by Gasteiger charge is -2.61. The molecule has 1 heteroatoms. The lowest BCUT2D eigenvalue weighted by molar-refractivity contribution is -0.0891. The minimum Gasteiger partial charge on any atom is -0.325 e. The van der Waals surface area contributed by atoms with Crippen LogP contribution in [0, 0.1) is 41.4 Å². The van der Waals surface area contributed by atoms with Crippen LogP contribution >= 0.6 is 0 Å². The van der Waals surface area contributed by atoms with Crippen LogP contribution in [-0.2, 0) is 0 Å². The van der Waals surface area contributed by atoms with E-state index in [0.717, 1.165) is 41.4 Å². The molecule has 7 bridgehead atoms. The predicted octanol–water partition coefficient (Wildman–Crippen LogP) is 2.02. The molecule has 6 saturated carbocycles. The van der Waals surface area contributed by atoms with Gasteiger partial charge in [-0.3, -0.25) is 0 Å². The molecular weight excluding hydrogens is 170 g/mol. The molecule has 6 fully saturated rings. The van der Waals surface area contributed by atoms with Gasteiger partial charge in [-0.05, 0) is 73.5 Å².